The van der Waals surface area contributed by atoms with Crippen LogP contribution < -0.4 is 16.2 Å². The highest BCUT2D eigenvalue weighted by Gasteiger charge is 2.36. The fourth-order valence-electron chi connectivity index (χ4n) is 4.19. The molecule has 25 heavy (non-hydrogen) atoms. The van der Waals surface area contributed by atoms with Gasteiger partial charge in [-0.1, -0.05) is 30.2 Å². The van der Waals surface area contributed by atoms with Gasteiger partial charge in [-0.25, -0.2) is 4.68 Å². The normalized spacial score (nSPS) is 25.8. The van der Waals surface area contributed by atoms with Crippen molar-refractivity contribution in [2.45, 2.75) is 57.2 Å². The minimum atomic E-state index is 0.116. The molecule has 2 fully saturated rings. The fraction of sp³-hybridized carbons (Fsp3) is 0.611. The van der Waals surface area contributed by atoms with Crippen LogP contribution in [0.2, 0.25) is 0 Å². The van der Waals surface area contributed by atoms with Gasteiger partial charge in [0.25, 0.3) is 0 Å². The summed E-state index contributed by atoms with van der Waals surface area (Å²) in [6.07, 6.45) is 6.63. The molecule has 3 atom stereocenters. The summed E-state index contributed by atoms with van der Waals surface area (Å²) < 4.78 is 1.84. The van der Waals surface area contributed by atoms with Crippen LogP contribution in [-0.2, 0) is 11.3 Å². The molecule has 1 saturated heterocycles. The Hall–Kier alpha value is -1.99. The third-order valence-electron chi connectivity index (χ3n) is 5.54. The zero-order valence-electron chi connectivity index (χ0n) is 14.4. The molecule has 1 amide bonds. The minimum Gasteiger partial charge on any atom is -0.354 e. The van der Waals surface area contributed by atoms with E-state index in [1.165, 1.54) is 25.7 Å². The Morgan fingerprint density at radius 1 is 1.24 bits per heavy atom. The minimum absolute atomic E-state index is 0.116. The summed E-state index contributed by atoms with van der Waals surface area (Å²) in [5.41, 5.74) is 8.70. The lowest BCUT2D eigenvalue weighted by atomic mass is 9.80. The van der Waals surface area contributed by atoms with Gasteiger partial charge in [-0.15, -0.1) is 5.10 Å². The summed E-state index contributed by atoms with van der Waals surface area (Å²) in [5, 5.41) is 11.3. The number of nitrogens with one attached hydrogen (secondary N) is 3. The van der Waals surface area contributed by atoms with Gasteiger partial charge in [0, 0.05) is 25.0 Å². The topological polar surface area (TPSA) is 83.9 Å². The molecule has 0 radical (unpaired) electrons. The lowest BCUT2D eigenvalue weighted by Crippen LogP contribution is -2.34. The Morgan fingerprint density at radius 2 is 2.12 bits per heavy atom. The molecule has 1 aromatic heterocycles. The number of benzene rings is 1. The molecule has 3 unspecified atom stereocenters. The number of hydrogen-bond donors (Lipinski definition) is 3. The molecule has 7 heteroatoms. The number of fused-ring (bicyclic) bond motifs is 2. The van der Waals surface area contributed by atoms with E-state index in [0.717, 1.165) is 17.5 Å². The predicted molar refractivity (Wildman–Crippen MR) is 95.6 cm³/mol. The van der Waals surface area contributed by atoms with Crippen LogP contribution in [0.4, 0.5) is 0 Å². The van der Waals surface area contributed by atoms with E-state index in [1.807, 2.05) is 28.9 Å². The van der Waals surface area contributed by atoms with E-state index in [2.05, 4.69) is 26.5 Å². The molecule has 7 nitrogen and oxygen atoms in total. The van der Waals surface area contributed by atoms with E-state index in [-0.39, 0.29) is 5.91 Å². The second-order valence-corrected chi connectivity index (χ2v) is 7.14. The van der Waals surface area contributed by atoms with E-state index >= 15 is 0 Å². The van der Waals surface area contributed by atoms with Crippen LogP contribution in [-0.4, -0.2) is 39.5 Å². The molecule has 2 aliphatic rings. The molecule has 1 aromatic carbocycles. The van der Waals surface area contributed by atoms with Gasteiger partial charge in [-0.3, -0.25) is 15.6 Å². The van der Waals surface area contributed by atoms with Crippen LogP contribution in [0.3, 0.4) is 0 Å². The van der Waals surface area contributed by atoms with Crippen molar-refractivity contribution in [1.29, 1.82) is 0 Å². The third kappa shape index (κ3) is 3.67. The van der Waals surface area contributed by atoms with Gasteiger partial charge in [-0.2, -0.15) is 0 Å². The Kier molecular flexibility index (Phi) is 4.94. The van der Waals surface area contributed by atoms with Crippen molar-refractivity contribution < 1.29 is 4.79 Å². The van der Waals surface area contributed by atoms with Crippen molar-refractivity contribution in [2.75, 3.05) is 6.54 Å². The van der Waals surface area contributed by atoms with Crippen LogP contribution >= 0.6 is 0 Å². The Morgan fingerprint density at radius 3 is 3.08 bits per heavy atom. The Bertz CT molecular complexity index is 729. The zero-order valence-corrected chi connectivity index (χ0v) is 14.4. The van der Waals surface area contributed by atoms with E-state index in [1.54, 1.807) is 0 Å². The van der Waals surface area contributed by atoms with Crippen LogP contribution in [0.1, 0.15) is 38.5 Å². The number of nitrogens with zero attached hydrogens (tertiary/aromatic N) is 3. The van der Waals surface area contributed by atoms with E-state index in [9.17, 15) is 4.79 Å². The highest BCUT2D eigenvalue weighted by molar-refractivity contribution is 5.76. The first-order valence-electron chi connectivity index (χ1n) is 9.37. The van der Waals surface area contributed by atoms with Crippen molar-refractivity contribution in [2.24, 2.45) is 5.92 Å². The standard InChI is InChI=1S/C18H26N6O/c25-18(10-9-15-13-5-1-2-6-14(13)20-21-15)19-11-12-24-17-8-4-3-7-16(17)22-23-24/h3-4,7-8,13-15,20-21H,1-2,5-6,9-12H2,(H,19,25). The average Bonchev–Trinajstić information content (AvgIpc) is 3.24. The molecule has 2 aromatic rings. The number of para-hydroxylation sites is 1. The lowest BCUT2D eigenvalue weighted by Gasteiger charge is -2.27. The number of rotatable bonds is 6. The molecule has 4 rings (SSSR count). The lowest BCUT2D eigenvalue weighted by molar-refractivity contribution is -0.121. The van der Waals surface area contributed by atoms with E-state index < -0.39 is 0 Å². The third-order valence-corrected chi connectivity index (χ3v) is 5.54. The second kappa shape index (κ2) is 7.49. The maximum Gasteiger partial charge on any atom is 0.220 e. The fourth-order valence-corrected chi connectivity index (χ4v) is 4.19. The van der Waals surface area contributed by atoms with Crippen molar-refractivity contribution in [3.63, 3.8) is 0 Å². The summed E-state index contributed by atoms with van der Waals surface area (Å²) in [6, 6.07) is 8.89. The average molecular weight is 342 g/mol. The molecule has 0 spiro atoms. The molecular weight excluding hydrogens is 316 g/mol. The van der Waals surface area contributed by atoms with Gasteiger partial charge >= 0.3 is 0 Å². The number of aromatic nitrogens is 3. The first-order valence-corrected chi connectivity index (χ1v) is 9.37. The molecule has 3 N–H and O–H groups in total. The van der Waals surface area contributed by atoms with Crippen molar-refractivity contribution in [3.8, 4) is 0 Å². The van der Waals surface area contributed by atoms with Gasteiger partial charge in [-0.05, 0) is 37.3 Å². The number of carbonyl (C=O) groups excluding carboxylic acids is 1. The number of hydrogen-bond acceptors (Lipinski definition) is 5. The highest BCUT2D eigenvalue weighted by atomic mass is 16.1. The summed E-state index contributed by atoms with van der Waals surface area (Å²) in [5.74, 6) is 0.800. The Labute approximate surface area is 147 Å². The molecule has 0 bridgehead atoms. The van der Waals surface area contributed by atoms with E-state index in [0.29, 0.717) is 37.5 Å². The predicted octanol–water partition coefficient (Wildman–Crippen LogP) is 1.36. The molecule has 2 heterocycles. The monoisotopic (exact) mass is 342 g/mol. The van der Waals surface area contributed by atoms with Gasteiger partial charge in [0.15, 0.2) is 0 Å². The Balaban J connectivity index is 1.21. The summed E-state index contributed by atoms with van der Waals surface area (Å²) in [4.78, 5) is 12.1. The van der Waals surface area contributed by atoms with Crippen LogP contribution in [0, 0.1) is 5.92 Å². The van der Waals surface area contributed by atoms with Gasteiger partial charge in [0.1, 0.15) is 5.52 Å². The maximum atomic E-state index is 12.1. The molecule has 1 saturated carbocycles. The van der Waals surface area contributed by atoms with Crippen LogP contribution in [0.15, 0.2) is 24.3 Å². The quantitative estimate of drug-likeness (QED) is 0.738. The van der Waals surface area contributed by atoms with Gasteiger partial charge in [0.2, 0.25) is 5.91 Å². The SMILES string of the molecule is O=C(CCC1NNC2CCCCC21)NCCn1nnc2ccccc21. The second-order valence-electron chi connectivity index (χ2n) is 7.14. The van der Waals surface area contributed by atoms with Crippen molar-refractivity contribution in [3.05, 3.63) is 24.3 Å². The number of carbonyl (C=O) groups is 1. The summed E-state index contributed by atoms with van der Waals surface area (Å²) in [7, 11) is 0. The van der Waals surface area contributed by atoms with Gasteiger partial charge in [0.05, 0.1) is 12.1 Å². The molecule has 134 valence electrons. The first-order chi connectivity index (χ1) is 12.3. The van der Waals surface area contributed by atoms with Crippen LogP contribution in [0.5, 0.6) is 0 Å². The van der Waals surface area contributed by atoms with E-state index in [4.69, 9.17) is 0 Å². The zero-order chi connectivity index (χ0) is 17.1. The van der Waals surface area contributed by atoms with Gasteiger partial charge < -0.3 is 5.32 Å². The first kappa shape index (κ1) is 16.5. The maximum absolute atomic E-state index is 12.1. The van der Waals surface area contributed by atoms with Crippen LogP contribution in [0.25, 0.3) is 11.0 Å². The van der Waals surface area contributed by atoms with Crippen molar-refractivity contribution in [1.82, 2.24) is 31.2 Å². The summed E-state index contributed by atoms with van der Waals surface area (Å²) >= 11 is 0. The largest absolute Gasteiger partial charge is 0.354 e. The number of hydrazine groups is 1. The molecule has 1 aliphatic carbocycles. The highest BCUT2D eigenvalue weighted by Crippen LogP contribution is 2.31. The molecular formula is C18H26N6O. The smallest absolute Gasteiger partial charge is 0.220 e. The molecule has 1 aliphatic heterocycles. The van der Waals surface area contributed by atoms with Crippen molar-refractivity contribution >= 4 is 16.9 Å². The number of amides is 1. The summed E-state index contributed by atoms with van der Waals surface area (Å²) in [6.45, 7) is 1.22.